The van der Waals surface area contributed by atoms with Crippen LogP contribution in [0.5, 0.6) is 5.06 Å². The van der Waals surface area contributed by atoms with Crippen LogP contribution in [0.15, 0.2) is 23.7 Å². The van der Waals surface area contributed by atoms with Crippen LogP contribution < -0.4 is 10.1 Å². The SMILES string of the molecule is Cc1ncsc1OCCN1CCNCC1.Cl.Cl.FC(F)(F)c1ccc2cc1-2. The number of benzene rings is 1. The minimum absolute atomic E-state index is 0. The van der Waals surface area contributed by atoms with E-state index in [-0.39, 0.29) is 24.8 Å². The molecule has 3 aliphatic rings. The minimum Gasteiger partial charge on any atom is -0.481 e. The zero-order chi connectivity index (χ0) is 17.9. The highest BCUT2D eigenvalue weighted by atomic mass is 35.5. The fourth-order valence-corrected chi connectivity index (χ4v) is 3.31. The van der Waals surface area contributed by atoms with Crippen LogP contribution in [-0.4, -0.2) is 49.2 Å². The van der Waals surface area contributed by atoms with Gasteiger partial charge < -0.3 is 10.1 Å². The number of alkyl halides is 3. The fourth-order valence-electron chi connectivity index (χ4n) is 2.63. The molecule has 0 unspecified atom stereocenters. The molecule has 0 bridgehead atoms. The van der Waals surface area contributed by atoms with Gasteiger partial charge in [0.1, 0.15) is 6.61 Å². The molecule has 0 amide bonds. The Hall–Kier alpha value is -1.06. The maximum absolute atomic E-state index is 11.9. The summed E-state index contributed by atoms with van der Waals surface area (Å²) in [5.41, 5.74) is 3.43. The second kappa shape index (κ2) is 10.5. The third-order valence-corrected chi connectivity index (χ3v) is 4.94. The van der Waals surface area contributed by atoms with Crippen LogP contribution in [-0.2, 0) is 6.18 Å². The molecule has 0 atom stereocenters. The minimum atomic E-state index is -4.17. The number of nitrogens with zero attached hydrogens (tertiary/aromatic N) is 2. The van der Waals surface area contributed by atoms with E-state index in [0.29, 0.717) is 5.56 Å². The first-order valence-electron chi connectivity index (χ1n) is 8.13. The molecule has 1 aliphatic heterocycles. The Labute approximate surface area is 172 Å². The molecule has 4 nitrogen and oxygen atoms in total. The van der Waals surface area contributed by atoms with Gasteiger partial charge in [-0.25, -0.2) is 4.98 Å². The number of fused-ring (bicyclic) bond motifs is 1. The lowest BCUT2D eigenvalue weighted by molar-refractivity contribution is -0.136. The van der Waals surface area contributed by atoms with Crippen LogP contribution >= 0.6 is 36.2 Å². The summed E-state index contributed by atoms with van der Waals surface area (Å²) >= 11 is 1.57. The summed E-state index contributed by atoms with van der Waals surface area (Å²) in [4.78, 5) is 6.58. The van der Waals surface area contributed by atoms with E-state index in [9.17, 15) is 13.2 Å². The number of halogens is 5. The summed E-state index contributed by atoms with van der Waals surface area (Å²) in [5, 5.41) is 4.30. The molecule has 1 aromatic heterocycles. The first-order valence-corrected chi connectivity index (χ1v) is 9.00. The average Bonchev–Trinajstić information content (AvgIpc) is 3.01. The van der Waals surface area contributed by atoms with Crippen molar-refractivity contribution in [2.24, 2.45) is 0 Å². The van der Waals surface area contributed by atoms with Gasteiger partial charge in [-0.2, -0.15) is 13.2 Å². The maximum Gasteiger partial charge on any atom is 0.417 e. The third-order valence-electron chi connectivity index (χ3n) is 4.10. The van der Waals surface area contributed by atoms with Gasteiger partial charge in [-0.1, -0.05) is 17.4 Å². The van der Waals surface area contributed by atoms with Crippen LogP contribution in [0.2, 0.25) is 0 Å². The number of hydrogen-bond donors (Lipinski definition) is 1. The Morgan fingerprint density at radius 2 is 1.93 bits per heavy atom. The number of rotatable bonds is 4. The van der Waals surface area contributed by atoms with Gasteiger partial charge in [0.25, 0.3) is 0 Å². The molecule has 0 aromatic carbocycles. The fraction of sp³-hybridized carbons (Fsp3) is 0.471. The summed E-state index contributed by atoms with van der Waals surface area (Å²) in [7, 11) is 0. The number of ether oxygens (including phenoxy) is 1. The van der Waals surface area contributed by atoms with Crippen molar-refractivity contribution in [3.8, 4) is 16.2 Å². The van der Waals surface area contributed by atoms with Crippen LogP contribution in [0.25, 0.3) is 11.1 Å². The summed E-state index contributed by atoms with van der Waals surface area (Å²) in [5.74, 6) is 0. The van der Waals surface area contributed by atoms with Crippen molar-refractivity contribution in [2.75, 3.05) is 39.3 Å². The average molecular weight is 444 g/mol. The topological polar surface area (TPSA) is 37.4 Å². The Balaban J connectivity index is 0.000000267. The molecule has 10 heteroatoms. The van der Waals surface area contributed by atoms with Crippen LogP contribution in [0.4, 0.5) is 13.2 Å². The Kier molecular flexibility index (Phi) is 9.30. The van der Waals surface area contributed by atoms with Gasteiger partial charge in [0.05, 0.1) is 16.8 Å². The molecule has 2 heterocycles. The Morgan fingerprint density at radius 1 is 1.22 bits per heavy atom. The molecule has 1 saturated heterocycles. The lowest BCUT2D eigenvalue weighted by Gasteiger charge is -2.26. The van der Waals surface area contributed by atoms with Gasteiger partial charge in [-0.3, -0.25) is 4.90 Å². The number of hydrogen-bond acceptors (Lipinski definition) is 5. The number of aromatic nitrogens is 1. The van der Waals surface area contributed by atoms with E-state index in [1.165, 1.54) is 12.1 Å². The molecule has 1 fully saturated rings. The zero-order valence-electron chi connectivity index (χ0n) is 14.7. The lowest BCUT2D eigenvalue weighted by atomic mass is 10.3. The number of nitrogens with one attached hydrogen (secondary N) is 1. The molecule has 2 aliphatic carbocycles. The quantitative estimate of drug-likeness (QED) is 0.653. The van der Waals surface area contributed by atoms with Crippen molar-refractivity contribution in [1.29, 1.82) is 0 Å². The molecule has 0 spiro atoms. The second-order valence-electron chi connectivity index (χ2n) is 5.92. The first-order chi connectivity index (χ1) is 11.9. The van der Waals surface area contributed by atoms with E-state index in [2.05, 4.69) is 15.2 Å². The Bertz CT molecular complexity index is 722. The normalized spacial score (nSPS) is 15.0. The van der Waals surface area contributed by atoms with Crippen molar-refractivity contribution in [1.82, 2.24) is 15.2 Å². The van der Waals surface area contributed by atoms with E-state index in [1.807, 2.05) is 12.4 Å². The van der Waals surface area contributed by atoms with E-state index in [1.54, 1.807) is 11.3 Å². The number of aryl methyl sites for hydroxylation is 1. The monoisotopic (exact) mass is 443 g/mol. The molecule has 0 radical (unpaired) electrons. The molecule has 4 rings (SSSR count). The third kappa shape index (κ3) is 6.80. The van der Waals surface area contributed by atoms with Crippen molar-refractivity contribution >= 4 is 36.2 Å². The molecular formula is C17H22Cl2F3N3OS. The van der Waals surface area contributed by atoms with Gasteiger partial charge >= 0.3 is 6.18 Å². The molecule has 152 valence electrons. The lowest BCUT2D eigenvalue weighted by Crippen LogP contribution is -2.44. The standard InChI is InChI=1S/C10H17N3OS.C7H3F3.2ClH/c1-9-10(15-8-12-9)14-7-6-13-4-2-11-3-5-13;8-7(9,10)6-2-1-4-3-5(4)6;;/h8,11H,2-7H2,1H3;1-3H;2*1H. The molecule has 1 aromatic rings. The van der Waals surface area contributed by atoms with E-state index in [0.717, 1.165) is 61.7 Å². The van der Waals surface area contributed by atoms with Gasteiger partial charge in [0.2, 0.25) is 0 Å². The van der Waals surface area contributed by atoms with Gasteiger partial charge in [-0.15, -0.1) is 24.8 Å². The van der Waals surface area contributed by atoms with Crippen molar-refractivity contribution in [3.63, 3.8) is 0 Å². The second-order valence-corrected chi connectivity index (χ2v) is 6.74. The summed E-state index contributed by atoms with van der Waals surface area (Å²) in [6, 6.07) is 4.13. The molecule has 27 heavy (non-hydrogen) atoms. The Morgan fingerprint density at radius 3 is 2.37 bits per heavy atom. The van der Waals surface area contributed by atoms with Gasteiger partial charge in [0.15, 0.2) is 5.06 Å². The largest absolute Gasteiger partial charge is 0.481 e. The smallest absolute Gasteiger partial charge is 0.417 e. The summed E-state index contributed by atoms with van der Waals surface area (Å²) in [6.45, 7) is 8.22. The number of thiazole rings is 1. The van der Waals surface area contributed by atoms with Crippen LogP contribution in [0, 0.1) is 6.92 Å². The zero-order valence-corrected chi connectivity index (χ0v) is 17.2. The first kappa shape index (κ1) is 24.0. The number of piperazine rings is 1. The van der Waals surface area contributed by atoms with Crippen molar-refractivity contribution < 1.29 is 17.9 Å². The maximum atomic E-state index is 11.9. The van der Waals surface area contributed by atoms with Crippen LogP contribution in [0.3, 0.4) is 0 Å². The summed E-state index contributed by atoms with van der Waals surface area (Å²) < 4.78 is 41.4. The van der Waals surface area contributed by atoms with Crippen molar-refractivity contribution in [3.05, 3.63) is 35.0 Å². The van der Waals surface area contributed by atoms with Crippen molar-refractivity contribution in [2.45, 2.75) is 13.1 Å². The highest BCUT2D eigenvalue weighted by molar-refractivity contribution is 7.11. The predicted octanol–water partition coefficient (Wildman–Crippen LogP) is 4.26. The molecule has 0 saturated carbocycles. The molecule has 1 N–H and O–H groups in total. The highest BCUT2D eigenvalue weighted by Gasteiger charge is 2.37. The van der Waals surface area contributed by atoms with Crippen LogP contribution in [0.1, 0.15) is 11.3 Å². The van der Waals surface area contributed by atoms with E-state index in [4.69, 9.17) is 4.74 Å². The molecular weight excluding hydrogens is 422 g/mol. The highest BCUT2D eigenvalue weighted by Crippen LogP contribution is 2.45. The van der Waals surface area contributed by atoms with Gasteiger partial charge in [-0.05, 0) is 30.2 Å². The predicted molar refractivity (Wildman–Crippen MR) is 107 cm³/mol. The van der Waals surface area contributed by atoms with E-state index >= 15 is 0 Å². The summed E-state index contributed by atoms with van der Waals surface area (Å²) in [6.07, 6.45) is -4.17. The van der Waals surface area contributed by atoms with Gasteiger partial charge in [0, 0.05) is 32.7 Å². The van der Waals surface area contributed by atoms with E-state index < -0.39 is 11.7 Å².